The van der Waals surface area contributed by atoms with Crippen LogP contribution in [0.2, 0.25) is 0 Å². The van der Waals surface area contributed by atoms with Crippen molar-refractivity contribution in [2.45, 2.75) is 16.2 Å². The van der Waals surface area contributed by atoms with Gasteiger partial charge in [0.25, 0.3) is 0 Å². The number of piperazine rings is 1. The van der Waals surface area contributed by atoms with Gasteiger partial charge < -0.3 is 14.9 Å². The van der Waals surface area contributed by atoms with Crippen LogP contribution in [-0.4, -0.2) is 72.3 Å². The molecule has 3 aromatic rings. The van der Waals surface area contributed by atoms with E-state index in [2.05, 4.69) is 69.3 Å². The zero-order valence-corrected chi connectivity index (χ0v) is 18.0. The third-order valence-electron chi connectivity index (χ3n) is 6.04. The van der Waals surface area contributed by atoms with Gasteiger partial charge in [-0.1, -0.05) is 42.1 Å². The Morgan fingerprint density at radius 1 is 0.833 bits per heavy atom. The van der Waals surface area contributed by atoms with Crippen LogP contribution in [0.3, 0.4) is 0 Å². The molecule has 1 N–H and O–H groups in total. The molecule has 2 aliphatic rings. The maximum atomic E-state index is 9.13. The van der Waals surface area contributed by atoms with Gasteiger partial charge in [0, 0.05) is 49.6 Å². The number of hydrogen-bond donors (Lipinski definition) is 1. The highest BCUT2D eigenvalue weighted by molar-refractivity contribution is 7.99. The molecule has 156 valence electrons. The summed E-state index contributed by atoms with van der Waals surface area (Å²) in [5, 5.41) is 10.3. The van der Waals surface area contributed by atoms with E-state index in [1.165, 1.54) is 20.9 Å². The van der Waals surface area contributed by atoms with E-state index in [1.54, 1.807) is 0 Å². The molecule has 6 heteroatoms. The highest BCUT2D eigenvalue weighted by atomic mass is 32.2. The number of aliphatic hydroxyl groups is 1. The number of aliphatic hydroxyl groups excluding tert-OH is 1. The van der Waals surface area contributed by atoms with Gasteiger partial charge in [-0.15, -0.1) is 0 Å². The summed E-state index contributed by atoms with van der Waals surface area (Å²) in [6.45, 7) is 7.41. The van der Waals surface area contributed by atoms with Crippen LogP contribution in [-0.2, 0) is 0 Å². The Labute approximate surface area is 182 Å². The molecule has 0 radical (unpaired) electrons. The summed E-state index contributed by atoms with van der Waals surface area (Å²) in [6.07, 6.45) is 1.10. The number of hydrogen-bond acceptors (Lipinski definition) is 6. The van der Waals surface area contributed by atoms with Crippen LogP contribution < -0.4 is 4.90 Å². The summed E-state index contributed by atoms with van der Waals surface area (Å²) in [5.41, 5.74) is 2.33. The number of pyridine rings is 1. The number of rotatable bonds is 6. The third kappa shape index (κ3) is 4.05. The Bertz CT molecular complexity index is 1020. The molecule has 0 aliphatic carbocycles. The molecule has 0 unspecified atom stereocenters. The minimum absolute atomic E-state index is 0.257. The second-order valence-electron chi connectivity index (χ2n) is 7.98. The van der Waals surface area contributed by atoms with E-state index in [0.717, 1.165) is 63.6 Å². The SMILES string of the molecule is OCCN1CCN(CCCN2c3ccccc3Sc3cc4ccccc4nc32)CC1. The molecule has 30 heavy (non-hydrogen) atoms. The minimum Gasteiger partial charge on any atom is -0.395 e. The van der Waals surface area contributed by atoms with Crippen LogP contribution in [0, 0.1) is 0 Å². The lowest BCUT2D eigenvalue weighted by molar-refractivity contribution is 0.112. The molecular weight excluding hydrogens is 392 g/mol. The summed E-state index contributed by atoms with van der Waals surface area (Å²) >= 11 is 1.83. The first-order chi connectivity index (χ1) is 14.8. The summed E-state index contributed by atoms with van der Waals surface area (Å²) in [5.74, 6) is 1.09. The Kier molecular flexibility index (Phi) is 5.91. The smallest absolute Gasteiger partial charge is 0.147 e. The van der Waals surface area contributed by atoms with Crippen LogP contribution in [0.15, 0.2) is 64.4 Å². The number of nitrogens with zero attached hydrogens (tertiary/aromatic N) is 4. The quantitative estimate of drug-likeness (QED) is 0.654. The number of para-hydroxylation sites is 2. The highest BCUT2D eigenvalue weighted by Crippen LogP contribution is 2.47. The van der Waals surface area contributed by atoms with Crippen molar-refractivity contribution in [3.8, 4) is 0 Å². The van der Waals surface area contributed by atoms with Crippen LogP contribution in [0.4, 0.5) is 11.5 Å². The largest absolute Gasteiger partial charge is 0.395 e. The van der Waals surface area contributed by atoms with Gasteiger partial charge in [0.1, 0.15) is 5.82 Å². The number of fused-ring (bicyclic) bond motifs is 3. The Morgan fingerprint density at radius 2 is 1.57 bits per heavy atom. The minimum atomic E-state index is 0.257. The van der Waals surface area contributed by atoms with Crippen molar-refractivity contribution in [3.05, 3.63) is 54.6 Å². The molecule has 0 bridgehead atoms. The molecule has 1 fully saturated rings. The monoisotopic (exact) mass is 420 g/mol. The van der Waals surface area contributed by atoms with Crippen LogP contribution in [0.1, 0.15) is 6.42 Å². The lowest BCUT2D eigenvalue weighted by Crippen LogP contribution is -2.47. The molecule has 1 aromatic heterocycles. The standard InChI is InChI=1S/C24H28N4OS/c29-17-16-27-14-12-26(13-15-27)10-5-11-28-21-8-3-4-9-22(21)30-23-18-19-6-1-2-7-20(19)25-24(23)28/h1-4,6-9,18,29H,5,10-17H2. The average Bonchev–Trinajstić information content (AvgIpc) is 2.79. The zero-order valence-electron chi connectivity index (χ0n) is 17.2. The number of benzene rings is 2. The van der Waals surface area contributed by atoms with Crippen molar-refractivity contribution in [1.82, 2.24) is 14.8 Å². The molecule has 0 spiro atoms. The Balaban J connectivity index is 1.33. The van der Waals surface area contributed by atoms with E-state index in [0.29, 0.717) is 0 Å². The topological polar surface area (TPSA) is 42.8 Å². The molecule has 0 amide bonds. The number of β-amino-alcohol motifs (C(OH)–C–C–N with tert-alkyl or cyclic N) is 1. The molecule has 0 saturated carbocycles. The van der Waals surface area contributed by atoms with Crippen molar-refractivity contribution in [3.63, 3.8) is 0 Å². The van der Waals surface area contributed by atoms with Crippen molar-refractivity contribution in [2.24, 2.45) is 0 Å². The maximum Gasteiger partial charge on any atom is 0.147 e. The summed E-state index contributed by atoms with van der Waals surface area (Å²) in [4.78, 5) is 14.9. The van der Waals surface area contributed by atoms with Gasteiger partial charge >= 0.3 is 0 Å². The lowest BCUT2D eigenvalue weighted by Gasteiger charge is -2.35. The Morgan fingerprint density at radius 3 is 2.40 bits per heavy atom. The average molecular weight is 421 g/mol. The van der Waals surface area contributed by atoms with Gasteiger partial charge in [-0.3, -0.25) is 4.90 Å². The van der Waals surface area contributed by atoms with Gasteiger partial charge in [-0.05, 0) is 37.2 Å². The van der Waals surface area contributed by atoms with E-state index in [4.69, 9.17) is 10.1 Å². The van der Waals surface area contributed by atoms with Gasteiger partial charge in [0.15, 0.2) is 0 Å². The first-order valence-corrected chi connectivity index (χ1v) is 11.6. The second-order valence-corrected chi connectivity index (χ2v) is 9.07. The zero-order chi connectivity index (χ0) is 20.3. The summed E-state index contributed by atoms with van der Waals surface area (Å²) in [7, 11) is 0. The molecule has 0 atom stereocenters. The van der Waals surface area contributed by atoms with Crippen molar-refractivity contribution < 1.29 is 5.11 Å². The van der Waals surface area contributed by atoms with Gasteiger partial charge in [-0.25, -0.2) is 4.98 Å². The molecule has 1 saturated heterocycles. The lowest BCUT2D eigenvalue weighted by atomic mass is 10.2. The van der Waals surface area contributed by atoms with Gasteiger partial charge in [0.05, 0.1) is 22.7 Å². The van der Waals surface area contributed by atoms with Crippen LogP contribution in [0.25, 0.3) is 10.9 Å². The molecule has 5 nitrogen and oxygen atoms in total. The number of anilines is 2. The van der Waals surface area contributed by atoms with E-state index in [1.807, 2.05) is 11.8 Å². The van der Waals surface area contributed by atoms with E-state index < -0.39 is 0 Å². The fraction of sp³-hybridized carbons (Fsp3) is 0.375. The first-order valence-electron chi connectivity index (χ1n) is 10.8. The van der Waals surface area contributed by atoms with Crippen molar-refractivity contribution in [1.29, 1.82) is 0 Å². The third-order valence-corrected chi connectivity index (χ3v) is 7.12. The van der Waals surface area contributed by atoms with Gasteiger partial charge in [0.2, 0.25) is 0 Å². The second kappa shape index (κ2) is 8.94. The predicted molar refractivity (Wildman–Crippen MR) is 124 cm³/mol. The molecule has 2 aromatic carbocycles. The molecule has 3 heterocycles. The number of aromatic nitrogens is 1. The van der Waals surface area contributed by atoms with Crippen molar-refractivity contribution >= 4 is 34.2 Å². The molecule has 5 rings (SSSR count). The van der Waals surface area contributed by atoms with E-state index in [9.17, 15) is 0 Å². The maximum absolute atomic E-state index is 9.13. The fourth-order valence-electron chi connectivity index (χ4n) is 4.41. The van der Waals surface area contributed by atoms with Crippen LogP contribution in [0.5, 0.6) is 0 Å². The van der Waals surface area contributed by atoms with E-state index in [-0.39, 0.29) is 6.61 Å². The Hall–Kier alpha value is -2.12. The summed E-state index contributed by atoms with van der Waals surface area (Å²) < 4.78 is 0. The molecule has 2 aliphatic heterocycles. The first kappa shape index (κ1) is 19.8. The predicted octanol–water partition coefficient (Wildman–Crippen LogP) is 3.84. The van der Waals surface area contributed by atoms with E-state index >= 15 is 0 Å². The van der Waals surface area contributed by atoms with Crippen LogP contribution >= 0.6 is 11.8 Å². The van der Waals surface area contributed by atoms with Gasteiger partial charge in [-0.2, -0.15) is 0 Å². The molecular formula is C24H28N4OS. The summed E-state index contributed by atoms with van der Waals surface area (Å²) in [6, 6.07) is 19.3. The highest BCUT2D eigenvalue weighted by Gasteiger charge is 2.25. The van der Waals surface area contributed by atoms with Crippen molar-refractivity contribution in [2.75, 3.05) is 57.3 Å². The fourth-order valence-corrected chi connectivity index (χ4v) is 5.51. The normalized spacial score (nSPS) is 17.2.